The summed E-state index contributed by atoms with van der Waals surface area (Å²) in [4.78, 5) is 8.75. The molecule has 0 saturated heterocycles. The Labute approximate surface area is 255 Å². The molecule has 6 N–H and O–H groups in total. The molecule has 7 rings (SSSR count). The fraction of sp³-hybridized carbons (Fsp3) is 0.0270. The highest BCUT2D eigenvalue weighted by Gasteiger charge is 2.26. The molecule has 214 valence electrons. The molecule has 44 heavy (non-hydrogen) atoms. The van der Waals surface area contributed by atoms with Crippen LogP contribution in [0.3, 0.4) is 0 Å². The van der Waals surface area contributed by atoms with Gasteiger partial charge < -0.3 is 21.8 Å². The van der Waals surface area contributed by atoms with E-state index in [9.17, 15) is 0 Å². The van der Waals surface area contributed by atoms with E-state index >= 15 is 0 Å². The Morgan fingerprint density at radius 3 is 2.09 bits per heavy atom. The number of anilines is 2. The number of pyridine rings is 2. The van der Waals surface area contributed by atoms with Gasteiger partial charge >= 0.3 is 0 Å². The van der Waals surface area contributed by atoms with E-state index in [2.05, 4.69) is 63.1 Å². The van der Waals surface area contributed by atoms with Crippen LogP contribution in [0.2, 0.25) is 0 Å². The molecule has 4 heterocycles. The minimum absolute atomic E-state index is 0.579. The number of fused-ring (bicyclic) bond motifs is 2. The Kier molecular flexibility index (Phi) is 6.68. The molecule has 0 saturated carbocycles. The lowest BCUT2D eigenvalue weighted by Crippen LogP contribution is -2.04. The molecule has 4 aromatic heterocycles. The summed E-state index contributed by atoms with van der Waals surface area (Å²) >= 11 is 0. The van der Waals surface area contributed by atoms with E-state index in [1.165, 1.54) is 0 Å². The number of hydrogen-bond acceptors (Lipinski definition) is 5. The van der Waals surface area contributed by atoms with E-state index in [-0.39, 0.29) is 0 Å². The van der Waals surface area contributed by atoms with Crippen LogP contribution in [0.1, 0.15) is 12.5 Å². The zero-order valence-corrected chi connectivity index (χ0v) is 24.2. The van der Waals surface area contributed by atoms with Gasteiger partial charge in [0.2, 0.25) is 0 Å². The predicted molar refractivity (Wildman–Crippen MR) is 182 cm³/mol. The highest BCUT2D eigenvalue weighted by Crippen LogP contribution is 2.46. The van der Waals surface area contributed by atoms with E-state index in [0.29, 0.717) is 11.5 Å². The van der Waals surface area contributed by atoms with E-state index in [0.717, 1.165) is 66.7 Å². The number of benzene rings is 3. The molecule has 0 aliphatic rings. The molecule has 0 fully saturated rings. The first-order valence-corrected chi connectivity index (χ1v) is 14.4. The highest BCUT2D eigenvalue weighted by atomic mass is 15.1. The Hall–Kier alpha value is -6.08. The topological polar surface area (TPSA) is 114 Å². The summed E-state index contributed by atoms with van der Waals surface area (Å²) in [6.07, 6.45) is 12.8. The molecule has 0 radical (unpaired) electrons. The van der Waals surface area contributed by atoms with Gasteiger partial charge in [-0.2, -0.15) is 0 Å². The van der Waals surface area contributed by atoms with Crippen LogP contribution >= 0.6 is 0 Å². The monoisotopic (exact) mass is 573 g/mol. The highest BCUT2D eigenvalue weighted by molar-refractivity contribution is 6.11. The molecule has 0 spiro atoms. The van der Waals surface area contributed by atoms with Crippen LogP contribution in [0.15, 0.2) is 134 Å². The average Bonchev–Trinajstić information content (AvgIpc) is 3.53. The number of para-hydroxylation sites is 2. The van der Waals surface area contributed by atoms with Crippen molar-refractivity contribution in [1.82, 2.24) is 19.1 Å². The number of nitrogens with zero attached hydrogens (tertiary/aromatic N) is 4. The van der Waals surface area contributed by atoms with Gasteiger partial charge in [0, 0.05) is 46.8 Å². The number of nitrogen functional groups attached to an aromatic ring is 2. The maximum absolute atomic E-state index is 7.10. The van der Waals surface area contributed by atoms with Gasteiger partial charge in [-0.3, -0.25) is 14.5 Å². The summed E-state index contributed by atoms with van der Waals surface area (Å²) in [6, 6.07) is 30.7. The van der Waals surface area contributed by atoms with Gasteiger partial charge in [0.05, 0.1) is 39.9 Å². The molecule has 3 aromatic carbocycles. The largest absolute Gasteiger partial charge is 0.404 e. The van der Waals surface area contributed by atoms with Crippen molar-refractivity contribution >= 4 is 38.9 Å². The lowest BCUT2D eigenvalue weighted by Gasteiger charge is -2.16. The normalized spacial score (nSPS) is 12.1. The lowest BCUT2D eigenvalue weighted by molar-refractivity contribution is 1.10. The van der Waals surface area contributed by atoms with Crippen molar-refractivity contribution < 1.29 is 0 Å². The van der Waals surface area contributed by atoms with Crippen molar-refractivity contribution in [3.63, 3.8) is 0 Å². The number of allylic oxidation sites excluding steroid dienone is 3. The van der Waals surface area contributed by atoms with Crippen LogP contribution in [0.4, 0.5) is 11.5 Å². The van der Waals surface area contributed by atoms with Crippen LogP contribution in [-0.2, 0) is 0 Å². The van der Waals surface area contributed by atoms with Gasteiger partial charge in [0.15, 0.2) is 0 Å². The second-order valence-corrected chi connectivity index (χ2v) is 10.6. The summed E-state index contributed by atoms with van der Waals surface area (Å²) in [5, 5.41) is 1.93. The van der Waals surface area contributed by atoms with Crippen molar-refractivity contribution in [3.05, 3.63) is 140 Å². The number of nitrogens with two attached hydrogens (primary N) is 3. The van der Waals surface area contributed by atoms with Crippen LogP contribution in [-0.4, -0.2) is 19.1 Å². The van der Waals surface area contributed by atoms with E-state index < -0.39 is 0 Å². The minimum Gasteiger partial charge on any atom is -0.404 e. The van der Waals surface area contributed by atoms with Gasteiger partial charge in [-0.1, -0.05) is 54.6 Å². The molecule has 0 amide bonds. The van der Waals surface area contributed by atoms with E-state index in [4.69, 9.17) is 17.2 Å². The minimum atomic E-state index is 0.579. The Balaban J connectivity index is 1.60. The fourth-order valence-corrected chi connectivity index (χ4v) is 6.09. The Morgan fingerprint density at radius 1 is 0.705 bits per heavy atom. The molecule has 7 nitrogen and oxygen atoms in total. The average molecular weight is 574 g/mol. The Morgan fingerprint density at radius 2 is 1.41 bits per heavy atom. The van der Waals surface area contributed by atoms with Crippen LogP contribution in [0.5, 0.6) is 0 Å². The van der Waals surface area contributed by atoms with Gasteiger partial charge in [-0.05, 0) is 72.2 Å². The van der Waals surface area contributed by atoms with Gasteiger partial charge in [0.1, 0.15) is 5.82 Å². The van der Waals surface area contributed by atoms with Crippen LogP contribution in [0.25, 0.3) is 61.1 Å². The number of aromatic nitrogens is 4. The third kappa shape index (κ3) is 4.30. The molecule has 0 bridgehead atoms. The molecule has 0 aliphatic carbocycles. The summed E-state index contributed by atoms with van der Waals surface area (Å²) in [5.74, 6) is 0.579. The second-order valence-electron chi connectivity index (χ2n) is 10.6. The maximum Gasteiger partial charge on any atom is 0.118 e. The fourth-order valence-electron chi connectivity index (χ4n) is 6.09. The first-order chi connectivity index (χ1) is 21.6. The molecular formula is C37H31N7. The van der Waals surface area contributed by atoms with Crippen LogP contribution in [0, 0.1) is 0 Å². The molecule has 7 heteroatoms. The standard InChI is InChI=1S/C37H31N7/c1-2-9-24(21-38)26-18-27(25-10-7-16-41-22-25)20-29(19-26)43-33-15-6-4-13-31(33)35(39)36(43)34-30-12-3-5-14-32(30)44(37(34)40)28-11-8-17-42-23-28/h2-23H,38-40H2,1H3/b9-2-,24-21+. The van der Waals surface area contributed by atoms with Crippen molar-refractivity contribution in [1.29, 1.82) is 0 Å². The lowest BCUT2D eigenvalue weighted by atomic mass is 9.98. The zero-order valence-electron chi connectivity index (χ0n) is 24.2. The van der Waals surface area contributed by atoms with Crippen molar-refractivity contribution in [2.24, 2.45) is 5.73 Å². The maximum atomic E-state index is 7.10. The van der Waals surface area contributed by atoms with E-state index in [1.54, 1.807) is 18.6 Å². The zero-order chi connectivity index (χ0) is 30.2. The van der Waals surface area contributed by atoms with Gasteiger partial charge in [-0.15, -0.1) is 0 Å². The van der Waals surface area contributed by atoms with Gasteiger partial charge in [-0.25, -0.2) is 0 Å². The van der Waals surface area contributed by atoms with Crippen LogP contribution < -0.4 is 17.2 Å². The first kappa shape index (κ1) is 26.8. The third-order valence-corrected chi connectivity index (χ3v) is 8.00. The smallest absolute Gasteiger partial charge is 0.118 e. The Bertz CT molecular complexity index is 2200. The first-order valence-electron chi connectivity index (χ1n) is 14.4. The molecule has 0 atom stereocenters. The predicted octanol–water partition coefficient (Wildman–Crippen LogP) is 7.74. The second kappa shape index (κ2) is 11.0. The summed E-state index contributed by atoms with van der Waals surface area (Å²) in [7, 11) is 0. The van der Waals surface area contributed by atoms with Crippen molar-refractivity contribution in [3.8, 4) is 33.8 Å². The summed E-state index contributed by atoms with van der Waals surface area (Å²) in [5.41, 5.74) is 30.3. The molecule has 0 aliphatic heterocycles. The quantitative estimate of drug-likeness (QED) is 0.176. The molecule has 0 unspecified atom stereocenters. The molecule has 7 aromatic rings. The number of rotatable bonds is 6. The van der Waals surface area contributed by atoms with Gasteiger partial charge in [0.25, 0.3) is 0 Å². The van der Waals surface area contributed by atoms with Crippen molar-refractivity contribution in [2.45, 2.75) is 6.92 Å². The number of hydrogen-bond donors (Lipinski definition) is 3. The van der Waals surface area contributed by atoms with Crippen molar-refractivity contribution in [2.75, 3.05) is 11.5 Å². The summed E-state index contributed by atoms with van der Waals surface area (Å²) in [6.45, 7) is 1.98. The molecular weight excluding hydrogens is 542 g/mol. The SMILES string of the molecule is C/C=C\C(=C/N)c1cc(-c2cccnc2)cc(-n2c(-c3c(N)n(-c4cccnc4)c4ccccc34)c(N)c3ccccc32)c1. The summed E-state index contributed by atoms with van der Waals surface area (Å²) < 4.78 is 4.25. The third-order valence-electron chi connectivity index (χ3n) is 8.00. The van der Waals surface area contributed by atoms with E-state index in [1.807, 2.05) is 78.5 Å².